The van der Waals surface area contributed by atoms with E-state index in [-0.39, 0.29) is 11.0 Å². The number of ether oxygens (including phenoxy) is 3. The first-order chi connectivity index (χ1) is 13.4. The summed E-state index contributed by atoms with van der Waals surface area (Å²) in [5, 5.41) is 3.91. The second-order valence-electron chi connectivity index (χ2n) is 6.32. The molecule has 2 aromatic rings. The average Bonchev–Trinajstić information content (AvgIpc) is 3.01. The van der Waals surface area contributed by atoms with Crippen molar-refractivity contribution in [3.8, 4) is 17.2 Å². The van der Waals surface area contributed by atoms with Gasteiger partial charge in [0.25, 0.3) is 10.0 Å². The van der Waals surface area contributed by atoms with Gasteiger partial charge in [0.05, 0.1) is 24.3 Å². The van der Waals surface area contributed by atoms with Crippen LogP contribution in [0.1, 0.15) is 31.9 Å². The molecule has 0 saturated heterocycles. The second kappa shape index (κ2) is 8.52. The highest BCUT2D eigenvalue weighted by Crippen LogP contribution is 2.34. The van der Waals surface area contributed by atoms with Crippen molar-refractivity contribution in [3.05, 3.63) is 47.5 Å². The van der Waals surface area contributed by atoms with Gasteiger partial charge in [0.2, 0.25) is 0 Å². The van der Waals surface area contributed by atoms with Crippen molar-refractivity contribution in [2.75, 3.05) is 13.2 Å². The summed E-state index contributed by atoms with van der Waals surface area (Å²) >= 11 is 0. The molecule has 7 nitrogen and oxygen atoms in total. The summed E-state index contributed by atoms with van der Waals surface area (Å²) in [4.78, 5) is 2.33. The van der Waals surface area contributed by atoms with Gasteiger partial charge in [-0.1, -0.05) is 0 Å². The molecule has 1 N–H and O–H groups in total. The van der Waals surface area contributed by atoms with Crippen LogP contribution < -0.4 is 19.0 Å². The summed E-state index contributed by atoms with van der Waals surface area (Å²) in [7, 11) is -3.78. The lowest BCUT2D eigenvalue weighted by Gasteiger charge is -2.10. The van der Waals surface area contributed by atoms with Crippen LogP contribution in [0.4, 0.5) is 0 Å². The minimum Gasteiger partial charge on any atom is -0.494 e. The molecule has 0 radical (unpaired) electrons. The summed E-state index contributed by atoms with van der Waals surface area (Å²) in [6, 6.07) is 9.89. The monoisotopic (exact) mass is 404 g/mol. The van der Waals surface area contributed by atoms with Gasteiger partial charge in [0.1, 0.15) is 23.4 Å². The number of benzene rings is 2. The van der Waals surface area contributed by atoms with Crippen LogP contribution in [0.5, 0.6) is 17.2 Å². The minimum absolute atomic E-state index is 0.101. The summed E-state index contributed by atoms with van der Waals surface area (Å²) in [6.07, 6.45) is 2.34. The predicted octanol–water partition coefficient (Wildman–Crippen LogP) is 3.12. The number of sulfonamides is 1. The van der Waals surface area contributed by atoms with Crippen LogP contribution in [-0.2, 0) is 16.4 Å². The van der Waals surface area contributed by atoms with Gasteiger partial charge in [-0.2, -0.15) is 13.5 Å². The van der Waals surface area contributed by atoms with Gasteiger partial charge in [-0.15, -0.1) is 0 Å². The quantitative estimate of drug-likeness (QED) is 0.540. The van der Waals surface area contributed by atoms with Crippen molar-refractivity contribution in [1.82, 2.24) is 4.83 Å². The van der Waals surface area contributed by atoms with Crippen molar-refractivity contribution in [2.45, 2.75) is 38.2 Å². The van der Waals surface area contributed by atoms with Crippen LogP contribution in [-0.4, -0.2) is 34.0 Å². The molecular weight excluding hydrogens is 380 g/mol. The lowest BCUT2D eigenvalue weighted by atomic mass is 10.1. The minimum atomic E-state index is -3.78. The number of hydrogen-bond donors (Lipinski definition) is 1. The standard InChI is InChI=1S/C20H24N2O5S/c1-4-25-17-6-8-18(9-7-17)28(23,24)22-21-13-16-12-20-15(10-14(3)27-20)11-19(16)26-5-2/h6-9,11-14,22H,4-5,10H2,1-3H3/b21-13-/t14-/m0/s1. The van der Waals surface area contributed by atoms with E-state index in [0.717, 1.165) is 17.7 Å². The number of nitrogens with one attached hydrogen (secondary N) is 1. The van der Waals surface area contributed by atoms with Crippen LogP contribution in [0, 0.1) is 0 Å². The fourth-order valence-corrected chi connectivity index (χ4v) is 3.73. The first kappa shape index (κ1) is 20.0. The Hall–Kier alpha value is -2.74. The molecule has 0 amide bonds. The van der Waals surface area contributed by atoms with E-state index in [1.165, 1.54) is 18.3 Å². The zero-order valence-electron chi connectivity index (χ0n) is 16.1. The number of nitrogens with zero attached hydrogens (tertiary/aromatic N) is 1. The Kier molecular flexibility index (Phi) is 6.08. The van der Waals surface area contributed by atoms with Gasteiger partial charge < -0.3 is 14.2 Å². The molecule has 0 saturated carbocycles. The molecule has 0 unspecified atom stereocenters. The van der Waals surface area contributed by atoms with Gasteiger partial charge >= 0.3 is 0 Å². The van der Waals surface area contributed by atoms with E-state index in [0.29, 0.717) is 30.3 Å². The molecule has 0 aromatic heterocycles. The van der Waals surface area contributed by atoms with Crippen molar-refractivity contribution in [3.63, 3.8) is 0 Å². The van der Waals surface area contributed by atoms with Crippen molar-refractivity contribution < 1.29 is 22.6 Å². The third-order valence-electron chi connectivity index (χ3n) is 4.15. The molecule has 1 aliphatic heterocycles. The van der Waals surface area contributed by atoms with E-state index in [9.17, 15) is 8.42 Å². The summed E-state index contributed by atoms with van der Waals surface area (Å²) in [6.45, 7) is 6.76. The highest BCUT2D eigenvalue weighted by molar-refractivity contribution is 7.89. The van der Waals surface area contributed by atoms with Crippen molar-refractivity contribution in [1.29, 1.82) is 0 Å². The second-order valence-corrected chi connectivity index (χ2v) is 7.98. The molecule has 1 aliphatic rings. The molecular formula is C20H24N2O5S. The molecule has 28 heavy (non-hydrogen) atoms. The van der Waals surface area contributed by atoms with E-state index in [1.54, 1.807) is 12.1 Å². The van der Waals surface area contributed by atoms with Gasteiger partial charge in [0, 0.05) is 17.5 Å². The predicted molar refractivity (Wildman–Crippen MR) is 107 cm³/mol. The fourth-order valence-electron chi connectivity index (χ4n) is 2.94. The lowest BCUT2D eigenvalue weighted by molar-refractivity contribution is 0.254. The molecule has 1 atom stereocenters. The van der Waals surface area contributed by atoms with E-state index < -0.39 is 10.0 Å². The third kappa shape index (κ3) is 4.56. The number of hydrazone groups is 1. The molecule has 3 rings (SSSR count). The Bertz CT molecular complexity index is 955. The van der Waals surface area contributed by atoms with E-state index >= 15 is 0 Å². The number of fused-ring (bicyclic) bond motifs is 1. The van der Waals surface area contributed by atoms with Crippen molar-refractivity contribution >= 4 is 16.2 Å². The first-order valence-corrected chi connectivity index (χ1v) is 10.7. The van der Waals surface area contributed by atoms with Crippen LogP contribution in [0.15, 0.2) is 46.4 Å². The van der Waals surface area contributed by atoms with Gasteiger partial charge in [-0.05, 0) is 57.2 Å². The number of hydrogen-bond acceptors (Lipinski definition) is 6. The fraction of sp³-hybridized carbons (Fsp3) is 0.350. The van der Waals surface area contributed by atoms with Crippen LogP contribution >= 0.6 is 0 Å². The summed E-state index contributed by atoms with van der Waals surface area (Å²) in [5.41, 5.74) is 1.71. The summed E-state index contributed by atoms with van der Waals surface area (Å²) in [5.74, 6) is 2.02. The maximum Gasteiger partial charge on any atom is 0.276 e. The third-order valence-corrected chi connectivity index (χ3v) is 5.39. The lowest BCUT2D eigenvalue weighted by Crippen LogP contribution is -2.18. The van der Waals surface area contributed by atoms with Crippen LogP contribution in [0.3, 0.4) is 0 Å². The molecule has 2 aromatic carbocycles. The van der Waals surface area contributed by atoms with Gasteiger partial charge in [-0.25, -0.2) is 4.83 Å². The smallest absolute Gasteiger partial charge is 0.276 e. The Morgan fingerprint density at radius 2 is 1.89 bits per heavy atom. The average molecular weight is 404 g/mol. The Balaban J connectivity index is 1.77. The zero-order valence-corrected chi connectivity index (χ0v) is 17.0. The van der Waals surface area contributed by atoms with Gasteiger partial charge in [0.15, 0.2) is 0 Å². The van der Waals surface area contributed by atoms with Gasteiger partial charge in [-0.3, -0.25) is 0 Å². The Morgan fingerprint density at radius 1 is 1.18 bits per heavy atom. The normalized spacial score (nSPS) is 15.9. The molecule has 0 spiro atoms. The highest BCUT2D eigenvalue weighted by atomic mass is 32.2. The maximum absolute atomic E-state index is 12.4. The molecule has 8 heteroatoms. The van der Waals surface area contributed by atoms with E-state index in [2.05, 4.69) is 9.93 Å². The van der Waals surface area contributed by atoms with E-state index in [4.69, 9.17) is 14.2 Å². The SMILES string of the molecule is CCOc1ccc(S(=O)(=O)N/N=C\c2cc3c(cc2OCC)C[C@H](C)O3)cc1. The number of rotatable bonds is 8. The summed E-state index contributed by atoms with van der Waals surface area (Å²) < 4.78 is 41.6. The maximum atomic E-state index is 12.4. The molecule has 150 valence electrons. The van der Waals surface area contributed by atoms with Crippen LogP contribution in [0.25, 0.3) is 0 Å². The first-order valence-electron chi connectivity index (χ1n) is 9.17. The van der Waals surface area contributed by atoms with Crippen molar-refractivity contribution in [2.24, 2.45) is 5.10 Å². The Morgan fingerprint density at radius 3 is 2.57 bits per heavy atom. The molecule has 0 fully saturated rings. The highest BCUT2D eigenvalue weighted by Gasteiger charge is 2.21. The molecule has 0 bridgehead atoms. The Labute approximate surface area is 165 Å². The molecule has 0 aliphatic carbocycles. The zero-order chi connectivity index (χ0) is 20.1. The molecule has 1 heterocycles. The van der Waals surface area contributed by atoms with Crippen LogP contribution in [0.2, 0.25) is 0 Å². The largest absolute Gasteiger partial charge is 0.494 e. The van der Waals surface area contributed by atoms with E-state index in [1.807, 2.05) is 32.9 Å². The topological polar surface area (TPSA) is 86.2 Å².